The third kappa shape index (κ3) is 2.36. The summed E-state index contributed by atoms with van der Waals surface area (Å²) < 4.78 is 0. The van der Waals surface area contributed by atoms with Crippen molar-refractivity contribution < 1.29 is 14.7 Å². The zero-order valence-corrected chi connectivity index (χ0v) is 9.98. The molecule has 1 aliphatic carbocycles. The molecule has 0 aromatic heterocycles. The van der Waals surface area contributed by atoms with Gasteiger partial charge in [-0.1, -0.05) is 0 Å². The molecule has 2 atom stereocenters. The molecule has 2 fully saturated rings. The molecule has 6 heteroatoms. The molecular weight excluding hydrogens is 222 g/mol. The number of carboxylic acids is 1. The Balaban J connectivity index is 1.98. The first kappa shape index (κ1) is 12.2. The molecule has 17 heavy (non-hydrogen) atoms. The number of rotatable bonds is 3. The number of aliphatic carboxylic acids is 1. The summed E-state index contributed by atoms with van der Waals surface area (Å²) in [5, 5.41) is 11.9. The van der Waals surface area contributed by atoms with Crippen LogP contribution in [-0.4, -0.2) is 46.7 Å². The molecule has 2 amide bonds. The summed E-state index contributed by atoms with van der Waals surface area (Å²) in [7, 11) is 0. The van der Waals surface area contributed by atoms with Gasteiger partial charge in [0, 0.05) is 19.1 Å². The van der Waals surface area contributed by atoms with Gasteiger partial charge < -0.3 is 21.1 Å². The van der Waals surface area contributed by atoms with E-state index in [2.05, 4.69) is 5.32 Å². The smallest absolute Gasteiger partial charge is 0.329 e. The van der Waals surface area contributed by atoms with Crippen LogP contribution in [0, 0.1) is 5.92 Å². The number of nitrogens with zero attached hydrogens (tertiary/aromatic N) is 1. The fourth-order valence-corrected chi connectivity index (χ4v) is 2.26. The zero-order valence-electron chi connectivity index (χ0n) is 9.98. The van der Waals surface area contributed by atoms with E-state index < -0.39 is 11.5 Å². The van der Waals surface area contributed by atoms with Gasteiger partial charge in [-0.2, -0.15) is 0 Å². The van der Waals surface area contributed by atoms with Crippen LogP contribution in [-0.2, 0) is 4.79 Å². The van der Waals surface area contributed by atoms with Crippen molar-refractivity contribution in [2.24, 2.45) is 11.7 Å². The molecule has 2 aliphatic rings. The van der Waals surface area contributed by atoms with Gasteiger partial charge >= 0.3 is 12.0 Å². The van der Waals surface area contributed by atoms with Crippen LogP contribution in [0.1, 0.15) is 26.2 Å². The van der Waals surface area contributed by atoms with Crippen LogP contribution < -0.4 is 11.1 Å². The largest absolute Gasteiger partial charge is 0.480 e. The lowest BCUT2D eigenvalue weighted by atomic mass is 9.96. The van der Waals surface area contributed by atoms with Crippen LogP contribution in [0.4, 0.5) is 4.79 Å². The molecule has 0 aromatic rings. The summed E-state index contributed by atoms with van der Waals surface area (Å²) in [5.74, 6) is -0.905. The van der Waals surface area contributed by atoms with Gasteiger partial charge in [0.1, 0.15) is 5.54 Å². The van der Waals surface area contributed by atoms with Crippen molar-refractivity contribution in [1.82, 2.24) is 10.2 Å². The van der Waals surface area contributed by atoms with E-state index in [-0.39, 0.29) is 18.0 Å². The Morgan fingerprint density at radius 1 is 1.41 bits per heavy atom. The minimum absolute atomic E-state index is 0.0118. The van der Waals surface area contributed by atoms with Crippen molar-refractivity contribution in [3.8, 4) is 0 Å². The first-order valence-electron chi connectivity index (χ1n) is 5.99. The Hall–Kier alpha value is -1.30. The third-order valence-corrected chi connectivity index (χ3v) is 3.72. The molecule has 0 aromatic carbocycles. The van der Waals surface area contributed by atoms with Gasteiger partial charge in [-0.3, -0.25) is 0 Å². The summed E-state index contributed by atoms with van der Waals surface area (Å²) >= 11 is 0. The Labute approximate surface area is 100 Å². The van der Waals surface area contributed by atoms with Crippen molar-refractivity contribution in [3.63, 3.8) is 0 Å². The van der Waals surface area contributed by atoms with Crippen LogP contribution in [0.2, 0.25) is 0 Å². The number of carbonyl (C=O) groups excluding carboxylic acids is 1. The highest BCUT2D eigenvalue weighted by Gasteiger charge is 2.49. The van der Waals surface area contributed by atoms with Gasteiger partial charge in [0.15, 0.2) is 0 Å². The molecule has 96 valence electrons. The lowest BCUT2D eigenvalue weighted by Crippen LogP contribution is -2.57. The second kappa shape index (κ2) is 4.18. The SMILES string of the molecule is CC(NC(=O)N1CCC(N)C1)(C(=O)O)C1CC1. The van der Waals surface area contributed by atoms with Gasteiger partial charge in [0.05, 0.1) is 0 Å². The van der Waals surface area contributed by atoms with Crippen LogP contribution >= 0.6 is 0 Å². The average molecular weight is 241 g/mol. The van der Waals surface area contributed by atoms with Crippen molar-refractivity contribution in [2.45, 2.75) is 37.8 Å². The molecule has 0 spiro atoms. The number of carboxylic acid groups (broad SMARTS) is 1. The molecular formula is C11H19N3O3. The van der Waals surface area contributed by atoms with Crippen molar-refractivity contribution in [2.75, 3.05) is 13.1 Å². The maximum absolute atomic E-state index is 11.9. The zero-order chi connectivity index (χ0) is 12.6. The first-order chi connectivity index (χ1) is 7.93. The fraction of sp³-hybridized carbons (Fsp3) is 0.818. The number of hydrogen-bond acceptors (Lipinski definition) is 3. The Morgan fingerprint density at radius 2 is 2.06 bits per heavy atom. The molecule has 0 radical (unpaired) electrons. The van der Waals surface area contributed by atoms with Gasteiger partial charge in [-0.05, 0) is 32.1 Å². The van der Waals surface area contributed by atoms with E-state index in [0.29, 0.717) is 13.1 Å². The normalized spacial score (nSPS) is 27.6. The van der Waals surface area contributed by atoms with E-state index >= 15 is 0 Å². The molecule has 1 aliphatic heterocycles. The summed E-state index contributed by atoms with van der Waals surface area (Å²) in [5.41, 5.74) is 4.59. The second-order valence-electron chi connectivity index (χ2n) is 5.21. The molecule has 1 heterocycles. The second-order valence-corrected chi connectivity index (χ2v) is 5.21. The number of hydrogen-bond donors (Lipinski definition) is 3. The minimum atomic E-state index is -1.14. The number of amides is 2. The standard InChI is InChI=1S/C11H19N3O3/c1-11(9(15)16,7-2-3-7)13-10(17)14-5-4-8(12)6-14/h7-8H,2-6,12H2,1H3,(H,13,17)(H,15,16). The van der Waals surface area contributed by atoms with E-state index in [9.17, 15) is 14.7 Å². The van der Waals surface area contributed by atoms with E-state index in [1.165, 1.54) is 0 Å². The van der Waals surface area contributed by atoms with Crippen LogP contribution in [0.5, 0.6) is 0 Å². The minimum Gasteiger partial charge on any atom is -0.480 e. The predicted molar refractivity (Wildman–Crippen MR) is 61.5 cm³/mol. The predicted octanol–water partition coefficient (Wildman–Crippen LogP) is -0.0177. The number of likely N-dealkylation sites (tertiary alicyclic amines) is 1. The van der Waals surface area contributed by atoms with Crippen LogP contribution in [0.25, 0.3) is 0 Å². The van der Waals surface area contributed by atoms with Crippen molar-refractivity contribution >= 4 is 12.0 Å². The molecule has 1 saturated carbocycles. The average Bonchev–Trinajstić information content (AvgIpc) is 3.01. The highest BCUT2D eigenvalue weighted by Crippen LogP contribution is 2.39. The van der Waals surface area contributed by atoms with Gasteiger partial charge in [0.2, 0.25) is 0 Å². The van der Waals surface area contributed by atoms with Crippen molar-refractivity contribution in [3.05, 3.63) is 0 Å². The maximum Gasteiger partial charge on any atom is 0.329 e. The summed E-state index contributed by atoms with van der Waals surface area (Å²) in [6.45, 7) is 2.69. The highest BCUT2D eigenvalue weighted by molar-refractivity contribution is 5.86. The highest BCUT2D eigenvalue weighted by atomic mass is 16.4. The summed E-state index contributed by atoms with van der Waals surface area (Å²) in [6.07, 6.45) is 2.51. The number of nitrogens with one attached hydrogen (secondary N) is 1. The van der Waals surface area contributed by atoms with Gasteiger partial charge in [0.25, 0.3) is 0 Å². The van der Waals surface area contributed by atoms with Crippen molar-refractivity contribution in [1.29, 1.82) is 0 Å². The van der Waals surface area contributed by atoms with Gasteiger partial charge in [-0.15, -0.1) is 0 Å². The Morgan fingerprint density at radius 3 is 2.47 bits per heavy atom. The topological polar surface area (TPSA) is 95.7 Å². The lowest BCUT2D eigenvalue weighted by molar-refractivity contribution is -0.144. The lowest BCUT2D eigenvalue weighted by Gasteiger charge is -2.29. The monoisotopic (exact) mass is 241 g/mol. The molecule has 0 bridgehead atoms. The number of carbonyl (C=O) groups is 2. The first-order valence-corrected chi connectivity index (χ1v) is 5.99. The molecule has 2 unspecified atom stereocenters. The molecule has 4 N–H and O–H groups in total. The molecule has 1 saturated heterocycles. The van der Waals surface area contributed by atoms with E-state index in [1.54, 1.807) is 11.8 Å². The number of nitrogens with two attached hydrogens (primary N) is 1. The molecule has 2 rings (SSSR count). The summed E-state index contributed by atoms with van der Waals surface area (Å²) in [4.78, 5) is 24.8. The fourth-order valence-electron chi connectivity index (χ4n) is 2.26. The summed E-state index contributed by atoms with van der Waals surface area (Å²) in [6, 6.07) is -0.299. The Kier molecular flexibility index (Phi) is 2.99. The third-order valence-electron chi connectivity index (χ3n) is 3.72. The molecule has 6 nitrogen and oxygen atoms in total. The Bertz CT molecular complexity index is 343. The quantitative estimate of drug-likeness (QED) is 0.647. The van der Waals surface area contributed by atoms with Crippen LogP contribution in [0.3, 0.4) is 0 Å². The van der Waals surface area contributed by atoms with Crippen LogP contribution in [0.15, 0.2) is 0 Å². The van der Waals surface area contributed by atoms with E-state index in [1.807, 2.05) is 0 Å². The van der Waals surface area contributed by atoms with E-state index in [0.717, 1.165) is 19.3 Å². The maximum atomic E-state index is 11.9. The van der Waals surface area contributed by atoms with Gasteiger partial charge in [-0.25, -0.2) is 9.59 Å². The van der Waals surface area contributed by atoms with E-state index in [4.69, 9.17) is 5.73 Å². The number of urea groups is 1.